The Morgan fingerprint density at radius 3 is 2.80 bits per heavy atom. The van der Waals surface area contributed by atoms with E-state index in [0.29, 0.717) is 31.6 Å². The molecule has 0 aromatic heterocycles. The van der Waals surface area contributed by atoms with Crippen LogP contribution in [0.3, 0.4) is 0 Å². The molecule has 1 amide bonds. The minimum Gasteiger partial charge on any atom is -0.399 e. The second-order valence-electron chi connectivity index (χ2n) is 5.22. The largest absolute Gasteiger partial charge is 0.399 e. The quantitative estimate of drug-likeness (QED) is 0.623. The average molecular weight is 280 g/mol. The van der Waals surface area contributed by atoms with Crippen LogP contribution in [0.1, 0.15) is 25.3 Å². The predicted octanol–water partition coefficient (Wildman–Crippen LogP) is 1.11. The molecule has 0 aliphatic heterocycles. The summed E-state index contributed by atoms with van der Waals surface area (Å²) in [6, 6.07) is 7.51. The topological polar surface area (TPSA) is 84.6 Å². The Morgan fingerprint density at radius 1 is 1.45 bits per heavy atom. The fourth-order valence-corrected chi connectivity index (χ4v) is 1.80. The Morgan fingerprint density at radius 2 is 2.15 bits per heavy atom. The van der Waals surface area contributed by atoms with Crippen molar-refractivity contribution in [1.29, 1.82) is 0 Å². The van der Waals surface area contributed by atoms with Gasteiger partial charge in [-0.05, 0) is 25.0 Å². The molecule has 0 saturated heterocycles. The van der Waals surface area contributed by atoms with Crippen LogP contribution in [0.15, 0.2) is 24.3 Å². The van der Waals surface area contributed by atoms with Crippen molar-refractivity contribution >= 4 is 11.6 Å². The average Bonchev–Trinajstić information content (AvgIpc) is 2.42. The lowest BCUT2D eigenvalue weighted by Crippen LogP contribution is -2.41. The van der Waals surface area contributed by atoms with Gasteiger partial charge in [0.15, 0.2) is 0 Å². The lowest BCUT2D eigenvalue weighted by Gasteiger charge is -2.23. The smallest absolute Gasteiger partial charge is 0.220 e. The van der Waals surface area contributed by atoms with Crippen LogP contribution in [0.2, 0.25) is 0 Å². The maximum absolute atomic E-state index is 11.8. The van der Waals surface area contributed by atoms with Crippen molar-refractivity contribution in [3.05, 3.63) is 29.8 Å². The lowest BCUT2D eigenvalue weighted by molar-refractivity contribution is -0.122. The van der Waals surface area contributed by atoms with Gasteiger partial charge in [0, 0.05) is 38.8 Å². The van der Waals surface area contributed by atoms with E-state index in [2.05, 4.69) is 5.32 Å². The number of carbonyl (C=O) groups excluding carboxylic acids is 1. The van der Waals surface area contributed by atoms with Crippen molar-refractivity contribution in [2.24, 2.45) is 0 Å². The highest BCUT2D eigenvalue weighted by Gasteiger charge is 2.20. The highest BCUT2D eigenvalue weighted by molar-refractivity contribution is 5.76. The minimum absolute atomic E-state index is 0.0917. The number of nitrogen functional groups attached to an aromatic ring is 1. The van der Waals surface area contributed by atoms with E-state index < -0.39 is 5.60 Å². The van der Waals surface area contributed by atoms with Gasteiger partial charge in [-0.2, -0.15) is 0 Å². The second kappa shape index (κ2) is 7.87. The molecule has 0 aliphatic carbocycles. The van der Waals surface area contributed by atoms with Crippen molar-refractivity contribution in [1.82, 2.24) is 5.32 Å². The standard InChI is InChI=1S/C15H24N2O3/c1-15(19,9-10-20-2)11-17-14(18)8-7-12-5-3-4-6-13(12)16/h3-6,19H,7-11,16H2,1-2H3,(H,17,18). The van der Waals surface area contributed by atoms with E-state index in [1.54, 1.807) is 14.0 Å². The maximum Gasteiger partial charge on any atom is 0.220 e. The molecule has 1 aromatic rings. The number of ether oxygens (including phenoxy) is 1. The van der Waals surface area contributed by atoms with E-state index in [9.17, 15) is 9.90 Å². The Kier molecular flexibility index (Phi) is 6.48. The molecule has 1 aromatic carbocycles. The first-order valence-corrected chi connectivity index (χ1v) is 6.76. The summed E-state index contributed by atoms with van der Waals surface area (Å²) in [6.07, 6.45) is 1.43. The minimum atomic E-state index is -0.947. The summed E-state index contributed by atoms with van der Waals surface area (Å²) in [4.78, 5) is 11.8. The van der Waals surface area contributed by atoms with Crippen LogP contribution in [-0.4, -0.2) is 36.9 Å². The molecule has 5 heteroatoms. The monoisotopic (exact) mass is 280 g/mol. The maximum atomic E-state index is 11.8. The number of amides is 1. The Balaban J connectivity index is 2.32. The fourth-order valence-electron chi connectivity index (χ4n) is 1.80. The molecule has 112 valence electrons. The lowest BCUT2D eigenvalue weighted by atomic mass is 10.0. The van der Waals surface area contributed by atoms with E-state index in [4.69, 9.17) is 10.5 Å². The van der Waals surface area contributed by atoms with Gasteiger partial charge >= 0.3 is 0 Å². The molecule has 0 spiro atoms. The number of rotatable bonds is 8. The van der Waals surface area contributed by atoms with Crippen LogP contribution < -0.4 is 11.1 Å². The van der Waals surface area contributed by atoms with E-state index >= 15 is 0 Å². The Bertz CT molecular complexity index is 433. The van der Waals surface area contributed by atoms with Gasteiger partial charge in [0.2, 0.25) is 5.91 Å². The molecule has 0 saturated carbocycles. The second-order valence-corrected chi connectivity index (χ2v) is 5.22. The number of carbonyl (C=O) groups is 1. The summed E-state index contributed by atoms with van der Waals surface area (Å²) in [5.41, 5.74) is 6.54. The van der Waals surface area contributed by atoms with Gasteiger partial charge < -0.3 is 20.9 Å². The van der Waals surface area contributed by atoms with Gasteiger partial charge in [-0.15, -0.1) is 0 Å². The number of hydrogen-bond donors (Lipinski definition) is 3. The van der Waals surface area contributed by atoms with Crippen LogP contribution in [0.4, 0.5) is 5.69 Å². The normalized spacial score (nSPS) is 13.8. The number of hydrogen-bond acceptors (Lipinski definition) is 4. The van der Waals surface area contributed by atoms with Gasteiger partial charge in [-0.1, -0.05) is 18.2 Å². The number of aliphatic hydroxyl groups is 1. The fraction of sp³-hybridized carbons (Fsp3) is 0.533. The van der Waals surface area contributed by atoms with Crippen molar-refractivity contribution < 1.29 is 14.6 Å². The van der Waals surface area contributed by atoms with Crippen molar-refractivity contribution in [2.45, 2.75) is 31.8 Å². The van der Waals surface area contributed by atoms with E-state index in [0.717, 1.165) is 5.56 Å². The molecule has 1 unspecified atom stereocenters. The van der Waals surface area contributed by atoms with Crippen LogP contribution >= 0.6 is 0 Å². The zero-order valence-electron chi connectivity index (χ0n) is 12.2. The number of methoxy groups -OCH3 is 1. The van der Waals surface area contributed by atoms with Gasteiger partial charge in [0.1, 0.15) is 0 Å². The third-order valence-electron chi connectivity index (χ3n) is 3.19. The van der Waals surface area contributed by atoms with E-state index in [1.165, 1.54) is 0 Å². The summed E-state index contributed by atoms with van der Waals surface area (Å²) in [6.45, 7) is 2.37. The molecule has 1 rings (SSSR count). The van der Waals surface area contributed by atoms with E-state index in [1.807, 2.05) is 24.3 Å². The van der Waals surface area contributed by atoms with Crippen LogP contribution in [0.5, 0.6) is 0 Å². The first-order valence-electron chi connectivity index (χ1n) is 6.76. The Labute approximate surface area is 120 Å². The zero-order valence-corrected chi connectivity index (χ0v) is 12.2. The van der Waals surface area contributed by atoms with Gasteiger partial charge in [-0.3, -0.25) is 4.79 Å². The van der Waals surface area contributed by atoms with E-state index in [-0.39, 0.29) is 12.5 Å². The third kappa shape index (κ3) is 6.04. The first kappa shape index (κ1) is 16.5. The third-order valence-corrected chi connectivity index (χ3v) is 3.19. The summed E-state index contributed by atoms with van der Waals surface area (Å²) >= 11 is 0. The summed E-state index contributed by atoms with van der Waals surface area (Å²) in [7, 11) is 1.58. The predicted molar refractivity (Wildman–Crippen MR) is 79.3 cm³/mol. The number of anilines is 1. The molecule has 5 nitrogen and oxygen atoms in total. The molecule has 0 aliphatic rings. The highest BCUT2D eigenvalue weighted by atomic mass is 16.5. The number of aryl methyl sites for hydroxylation is 1. The highest BCUT2D eigenvalue weighted by Crippen LogP contribution is 2.13. The zero-order chi connectivity index (χ0) is 15.0. The van der Waals surface area contributed by atoms with Crippen LogP contribution in [0.25, 0.3) is 0 Å². The summed E-state index contributed by atoms with van der Waals surface area (Å²) < 4.78 is 4.92. The number of para-hydroxylation sites is 1. The van der Waals surface area contributed by atoms with Crippen LogP contribution in [-0.2, 0) is 16.0 Å². The number of nitrogens with one attached hydrogen (secondary N) is 1. The van der Waals surface area contributed by atoms with Crippen LogP contribution in [0, 0.1) is 0 Å². The molecule has 1 atom stereocenters. The molecule has 0 radical (unpaired) electrons. The summed E-state index contributed by atoms with van der Waals surface area (Å²) in [5, 5.41) is 12.7. The van der Waals surface area contributed by atoms with Gasteiger partial charge in [0.05, 0.1) is 5.60 Å². The molecule has 0 fully saturated rings. The van der Waals surface area contributed by atoms with Gasteiger partial charge in [-0.25, -0.2) is 0 Å². The molecular weight excluding hydrogens is 256 g/mol. The molecule has 0 heterocycles. The van der Waals surface area contributed by atoms with Crippen molar-refractivity contribution in [3.63, 3.8) is 0 Å². The van der Waals surface area contributed by atoms with Crippen molar-refractivity contribution in [3.8, 4) is 0 Å². The molecule has 0 bridgehead atoms. The Hall–Kier alpha value is -1.59. The summed E-state index contributed by atoms with van der Waals surface area (Å²) in [5.74, 6) is -0.0917. The number of nitrogens with two attached hydrogens (primary N) is 1. The molecular formula is C15H24N2O3. The van der Waals surface area contributed by atoms with Gasteiger partial charge in [0.25, 0.3) is 0 Å². The SMILES string of the molecule is COCCC(C)(O)CNC(=O)CCc1ccccc1N. The molecule has 4 N–H and O–H groups in total. The first-order chi connectivity index (χ1) is 9.44. The molecule has 20 heavy (non-hydrogen) atoms. The number of benzene rings is 1. The van der Waals surface area contributed by atoms with Crippen molar-refractivity contribution in [2.75, 3.05) is 26.0 Å².